The highest BCUT2D eigenvalue weighted by Crippen LogP contribution is 2.25. The maximum absolute atomic E-state index is 13.2. The van der Waals surface area contributed by atoms with Crippen molar-refractivity contribution in [3.05, 3.63) is 54.4 Å². The first kappa shape index (κ1) is 26.3. The number of hydrogen-bond donors (Lipinski definition) is 6. The molecule has 0 aliphatic carbocycles. The molecule has 1 amide bonds. The minimum Gasteiger partial charge on any atom is -0.396 e. The van der Waals surface area contributed by atoms with Crippen LogP contribution in [0, 0.1) is 0 Å². The Morgan fingerprint density at radius 3 is 2.71 bits per heavy atom. The van der Waals surface area contributed by atoms with Gasteiger partial charge in [-0.05, 0) is 55.7 Å². The fourth-order valence-electron chi connectivity index (χ4n) is 3.27. The van der Waals surface area contributed by atoms with Crippen LogP contribution >= 0.6 is 11.9 Å². The first-order chi connectivity index (χ1) is 17.2. The molecule has 0 unspecified atom stereocenters. The minimum absolute atomic E-state index is 0.0869. The van der Waals surface area contributed by atoms with Gasteiger partial charge in [0.05, 0.1) is 12.2 Å². The smallest absolute Gasteiger partial charge is 0.258 e. The van der Waals surface area contributed by atoms with Gasteiger partial charge in [0.15, 0.2) is 5.82 Å². The molecule has 1 aromatic carbocycles. The van der Waals surface area contributed by atoms with E-state index in [9.17, 15) is 4.79 Å². The molecule has 11 heteroatoms. The van der Waals surface area contributed by atoms with Gasteiger partial charge < -0.3 is 30.9 Å². The average molecular weight is 500 g/mol. The quantitative estimate of drug-likeness (QED) is 0.137. The lowest BCUT2D eigenvalue weighted by Gasteiger charge is -2.16. The zero-order valence-electron chi connectivity index (χ0n) is 19.8. The third kappa shape index (κ3) is 7.88. The van der Waals surface area contributed by atoms with Crippen molar-refractivity contribution in [2.75, 3.05) is 52.7 Å². The van der Waals surface area contributed by atoms with Crippen molar-refractivity contribution < 1.29 is 15.0 Å². The number of carbonyl (C=O) groups is 1. The maximum atomic E-state index is 13.2. The third-order valence-electron chi connectivity index (χ3n) is 4.96. The van der Waals surface area contributed by atoms with E-state index in [2.05, 4.69) is 37.7 Å². The minimum atomic E-state index is -0.274. The maximum Gasteiger partial charge on any atom is 0.258 e. The molecule has 2 aromatic heterocycles. The standard InChI is InChI=1S/C24H33N7O3S/c1-2-10-25-20-17-18(30-35-16-15-33)6-7-19(20)24(34)29-22-9-8-21(31-13-5-12-27-31)23(28-22)26-11-3-4-14-32/h5-9,12-13,17,25,30,32-33H,2-4,10-11,14-16H2,1H3,(H2,26,28,29,34). The molecule has 188 valence electrons. The number of pyridine rings is 1. The summed E-state index contributed by atoms with van der Waals surface area (Å²) in [5.74, 6) is 1.30. The third-order valence-corrected chi connectivity index (χ3v) is 5.72. The van der Waals surface area contributed by atoms with Gasteiger partial charge in [0, 0.05) is 49.2 Å². The van der Waals surface area contributed by atoms with Crippen molar-refractivity contribution in [2.45, 2.75) is 26.2 Å². The number of unbranched alkanes of at least 4 members (excludes halogenated alkanes) is 1. The summed E-state index contributed by atoms with van der Waals surface area (Å²) in [7, 11) is 0. The molecule has 0 saturated heterocycles. The molecule has 0 saturated carbocycles. The van der Waals surface area contributed by atoms with E-state index in [0.29, 0.717) is 35.9 Å². The summed E-state index contributed by atoms with van der Waals surface area (Å²) in [5.41, 5.74) is 2.83. The van der Waals surface area contributed by atoms with Crippen molar-refractivity contribution in [1.82, 2.24) is 14.8 Å². The Kier molecular flexibility index (Phi) is 10.7. The molecule has 35 heavy (non-hydrogen) atoms. The van der Waals surface area contributed by atoms with E-state index < -0.39 is 0 Å². The molecule has 10 nitrogen and oxygen atoms in total. The van der Waals surface area contributed by atoms with Crippen LogP contribution in [0.15, 0.2) is 48.8 Å². The van der Waals surface area contributed by atoms with Gasteiger partial charge in [-0.1, -0.05) is 18.9 Å². The van der Waals surface area contributed by atoms with Gasteiger partial charge in [0.25, 0.3) is 5.91 Å². The molecule has 0 fully saturated rings. The number of rotatable bonds is 15. The summed E-state index contributed by atoms with van der Waals surface area (Å²) >= 11 is 1.40. The van der Waals surface area contributed by atoms with Crippen LogP contribution in [0.5, 0.6) is 0 Å². The molecule has 0 aliphatic heterocycles. The van der Waals surface area contributed by atoms with Crippen molar-refractivity contribution in [3.8, 4) is 5.69 Å². The van der Waals surface area contributed by atoms with E-state index in [0.717, 1.165) is 36.4 Å². The second-order valence-corrected chi connectivity index (χ2v) is 8.59. The average Bonchev–Trinajstić information content (AvgIpc) is 3.40. The summed E-state index contributed by atoms with van der Waals surface area (Å²) in [4.78, 5) is 17.8. The topological polar surface area (TPSA) is 136 Å². The number of amides is 1. The Morgan fingerprint density at radius 1 is 1.09 bits per heavy atom. The molecule has 6 N–H and O–H groups in total. The number of aromatic nitrogens is 3. The number of carbonyl (C=O) groups excluding carboxylic acids is 1. The summed E-state index contributed by atoms with van der Waals surface area (Å²) < 4.78 is 4.88. The highest BCUT2D eigenvalue weighted by Gasteiger charge is 2.15. The normalized spacial score (nSPS) is 10.7. The SMILES string of the molecule is CCCNc1cc(NSCCO)ccc1C(=O)Nc1ccc(-n2cccn2)c(NCCCCO)n1. The van der Waals surface area contributed by atoms with Crippen LogP contribution in [0.3, 0.4) is 0 Å². The first-order valence-corrected chi connectivity index (χ1v) is 12.7. The summed E-state index contributed by atoms with van der Waals surface area (Å²) in [6.45, 7) is 3.65. The Morgan fingerprint density at radius 2 is 1.97 bits per heavy atom. The fourth-order valence-corrected chi connectivity index (χ4v) is 3.75. The molecule has 0 atom stereocenters. The van der Waals surface area contributed by atoms with Crippen molar-refractivity contribution in [2.24, 2.45) is 0 Å². The number of aliphatic hydroxyl groups excluding tert-OH is 2. The summed E-state index contributed by atoms with van der Waals surface area (Å²) in [5, 5.41) is 31.8. The number of hydrogen-bond acceptors (Lipinski definition) is 9. The van der Waals surface area contributed by atoms with Gasteiger partial charge in [-0.2, -0.15) is 5.10 Å². The van der Waals surface area contributed by atoms with Crippen LogP contribution < -0.4 is 20.7 Å². The van der Waals surface area contributed by atoms with Gasteiger partial charge in [-0.3, -0.25) is 4.79 Å². The van der Waals surface area contributed by atoms with Crippen LogP contribution in [0.4, 0.5) is 23.0 Å². The van der Waals surface area contributed by atoms with E-state index in [1.54, 1.807) is 23.0 Å². The second-order valence-electron chi connectivity index (χ2n) is 7.69. The number of nitrogens with zero attached hydrogens (tertiary/aromatic N) is 3. The molecule has 3 rings (SSSR count). The van der Waals surface area contributed by atoms with Gasteiger partial charge in [0.2, 0.25) is 0 Å². The monoisotopic (exact) mass is 499 g/mol. The van der Waals surface area contributed by atoms with Crippen LogP contribution in [0.2, 0.25) is 0 Å². The Labute approximate surface area is 209 Å². The van der Waals surface area contributed by atoms with Crippen LogP contribution in [-0.2, 0) is 0 Å². The lowest BCUT2D eigenvalue weighted by Crippen LogP contribution is -2.17. The van der Waals surface area contributed by atoms with Gasteiger partial charge >= 0.3 is 0 Å². The molecule has 0 aliphatic rings. The number of aliphatic hydroxyl groups is 2. The molecule has 0 radical (unpaired) electrons. The molecule has 3 aromatic rings. The lowest BCUT2D eigenvalue weighted by molar-refractivity contribution is 0.102. The Bertz CT molecular complexity index is 1060. The van der Waals surface area contributed by atoms with E-state index >= 15 is 0 Å². The largest absolute Gasteiger partial charge is 0.396 e. The highest BCUT2D eigenvalue weighted by atomic mass is 32.2. The zero-order valence-corrected chi connectivity index (χ0v) is 20.6. The van der Waals surface area contributed by atoms with Crippen molar-refractivity contribution >= 4 is 40.9 Å². The van der Waals surface area contributed by atoms with E-state index in [1.165, 1.54) is 11.9 Å². The molecule has 0 bridgehead atoms. The molecule has 2 heterocycles. The second kappa shape index (κ2) is 14.2. The van der Waals surface area contributed by atoms with Gasteiger partial charge in [-0.15, -0.1) is 0 Å². The Balaban J connectivity index is 1.79. The number of nitrogens with one attached hydrogen (secondary N) is 4. The Hall–Kier alpha value is -3.28. The van der Waals surface area contributed by atoms with E-state index in [1.807, 2.05) is 30.5 Å². The predicted molar refractivity (Wildman–Crippen MR) is 143 cm³/mol. The fraction of sp³-hybridized carbons (Fsp3) is 0.375. The molecule has 0 spiro atoms. The highest BCUT2D eigenvalue weighted by molar-refractivity contribution is 8.00. The summed E-state index contributed by atoms with van der Waals surface area (Å²) in [6, 6.07) is 10.9. The van der Waals surface area contributed by atoms with Crippen LogP contribution in [0.25, 0.3) is 5.69 Å². The van der Waals surface area contributed by atoms with Crippen molar-refractivity contribution in [3.63, 3.8) is 0 Å². The van der Waals surface area contributed by atoms with E-state index in [-0.39, 0.29) is 19.1 Å². The van der Waals surface area contributed by atoms with Crippen LogP contribution in [0.1, 0.15) is 36.5 Å². The summed E-state index contributed by atoms with van der Waals surface area (Å²) in [6.07, 6.45) is 5.92. The number of anilines is 4. The molecular weight excluding hydrogens is 466 g/mol. The van der Waals surface area contributed by atoms with Crippen LogP contribution in [-0.4, -0.2) is 62.9 Å². The lowest BCUT2D eigenvalue weighted by atomic mass is 10.1. The zero-order chi connectivity index (χ0) is 24.9. The van der Waals surface area contributed by atoms with Gasteiger partial charge in [0.1, 0.15) is 11.5 Å². The first-order valence-electron chi connectivity index (χ1n) is 11.7. The predicted octanol–water partition coefficient (Wildman–Crippen LogP) is 3.58. The van der Waals surface area contributed by atoms with Crippen molar-refractivity contribution in [1.29, 1.82) is 0 Å². The number of benzene rings is 1. The molecular formula is C24H33N7O3S. The van der Waals surface area contributed by atoms with E-state index in [4.69, 9.17) is 10.2 Å². The van der Waals surface area contributed by atoms with Gasteiger partial charge in [-0.25, -0.2) is 9.67 Å².